The number of rotatable bonds is 11. The number of benzene rings is 3. The molecule has 0 radical (unpaired) electrons. The van der Waals surface area contributed by atoms with Crippen LogP contribution in [0.3, 0.4) is 0 Å². The molecule has 39 heavy (non-hydrogen) atoms. The second kappa shape index (κ2) is 13.4. The Kier molecular flexibility index (Phi) is 9.28. The molecule has 0 unspecified atom stereocenters. The zero-order valence-corrected chi connectivity index (χ0v) is 22.0. The van der Waals surface area contributed by atoms with Crippen molar-refractivity contribution in [3.05, 3.63) is 126 Å². The number of carbonyl (C=O) groups is 1. The highest BCUT2D eigenvalue weighted by Crippen LogP contribution is 2.18. The summed E-state index contributed by atoms with van der Waals surface area (Å²) in [6.45, 7) is 0.758. The molecular weight excluding hydrogens is 488 g/mol. The van der Waals surface area contributed by atoms with Crippen molar-refractivity contribution in [2.75, 3.05) is 19.5 Å². The number of anilines is 1. The zero-order valence-electron chi connectivity index (χ0n) is 22.0. The summed E-state index contributed by atoms with van der Waals surface area (Å²) in [5, 5.41) is 9.37. The van der Waals surface area contributed by atoms with Gasteiger partial charge in [0.1, 0.15) is 23.0 Å². The topological polar surface area (TPSA) is 114 Å². The molecular formula is C31H32N6O2. The van der Waals surface area contributed by atoms with Gasteiger partial charge in [-0.1, -0.05) is 60.7 Å². The summed E-state index contributed by atoms with van der Waals surface area (Å²) in [4.78, 5) is 22.0. The number of carbonyl (C=O) groups excluding carboxylic acids is 1. The average Bonchev–Trinajstić information content (AvgIpc) is 3.00. The van der Waals surface area contributed by atoms with Crippen LogP contribution in [0, 0.1) is 0 Å². The molecule has 0 saturated carbocycles. The van der Waals surface area contributed by atoms with Crippen LogP contribution in [0.25, 0.3) is 11.3 Å². The van der Waals surface area contributed by atoms with Crippen LogP contribution in [0.2, 0.25) is 0 Å². The van der Waals surface area contributed by atoms with Crippen LogP contribution in [0.5, 0.6) is 5.75 Å². The van der Waals surface area contributed by atoms with E-state index >= 15 is 0 Å². The molecule has 5 N–H and O–H groups in total. The first-order chi connectivity index (χ1) is 19.1. The molecule has 8 nitrogen and oxygen atoms in total. The maximum Gasteiger partial charge on any atom is 0.258 e. The number of hydrogen-bond acceptors (Lipinski definition) is 6. The molecule has 4 aromatic rings. The van der Waals surface area contributed by atoms with Crippen LogP contribution in [-0.2, 0) is 17.9 Å². The molecule has 1 aromatic heterocycles. The fraction of sp³-hybridized carbons (Fsp3) is 0.129. The molecule has 3 aromatic carbocycles. The first-order valence-electron chi connectivity index (χ1n) is 12.5. The maximum absolute atomic E-state index is 13.1. The molecule has 1 heterocycles. The van der Waals surface area contributed by atoms with E-state index in [1.54, 1.807) is 20.4 Å². The van der Waals surface area contributed by atoms with Crippen LogP contribution in [-0.4, -0.2) is 30.9 Å². The predicted octanol–water partition coefficient (Wildman–Crippen LogP) is 4.47. The Morgan fingerprint density at radius 3 is 2.23 bits per heavy atom. The van der Waals surface area contributed by atoms with Crippen molar-refractivity contribution in [3.8, 4) is 17.0 Å². The minimum absolute atomic E-state index is 0.113. The fourth-order valence-electron chi connectivity index (χ4n) is 3.85. The van der Waals surface area contributed by atoms with Crippen LogP contribution in [0.4, 0.5) is 5.69 Å². The Morgan fingerprint density at radius 1 is 0.897 bits per heavy atom. The van der Waals surface area contributed by atoms with E-state index in [0.717, 1.165) is 33.8 Å². The second-order valence-corrected chi connectivity index (χ2v) is 8.64. The summed E-state index contributed by atoms with van der Waals surface area (Å²) in [5.74, 6) is 0.961. The largest absolute Gasteiger partial charge is 0.497 e. The lowest BCUT2D eigenvalue weighted by atomic mass is 10.1. The zero-order chi connectivity index (χ0) is 27.5. The lowest BCUT2D eigenvalue weighted by molar-refractivity contribution is -0.116. The van der Waals surface area contributed by atoms with Gasteiger partial charge < -0.3 is 26.4 Å². The third kappa shape index (κ3) is 7.45. The summed E-state index contributed by atoms with van der Waals surface area (Å²) < 4.78 is 5.22. The molecule has 0 fully saturated rings. The Balaban J connectivity index is 1.61. The number of aromatic nitrogens is 1. The van der Waals surface area contributed by atoms with Crippen molar-refractivity contribution in [3.63, 3.8) is 0 Å². The van der Waals surface area contributed by atoms with Crippen molar-refractivity contribution in [1.29, 1.82) is 0 Å². The number of amidine groups is 1. The lowest BCUT2D eigenvalue weighted by Gasteiger charge is -2.19. The standard InChI is InChI=1S/C31H32N6O2/c1-33-31(38)28(29(32)35-20-23-13-17-26(39-2)18-14-23)30(37-25-8-4-3-5-9-25)36-21-22-11-15-24(16-12-22)27-10-6-7-19-34-27/h3-19,36-37H,20-21H2,1-2H3,(H2,32,35)(H,33,38)/b30-28-. The molecule has 0 aliphatic carbocycles. The molecule has 0 atom stereocenters. The van der Waals surface area contributed by atoms with E-state index in [1.165, 1.54) is 0 Å². The number of aliphatic imine (C=N–C) groups is 1. The monoisotopic (exact) mass is 520 g/mol. The molecule has 0 aliphatic rings. The van der Waals surface area contributed by atoms with E-state index in [9.17, 15) is 4.79 Å². The summed E-state index contributed by atoms with van der Waals surface area (Å²) in [6, 6.07) is 31.1. The molecule has 4 rings (SSSR count). The third-order valence-corrected chi connectivity index (χ3v) is 5.98. The highest BCUT2D eigenvalue weighted by atomic mass is 16.5. The van der Waals surface area contributed by atoms with Crippen molar-refractivity contribution >= 4 is 17.4 Å². The minimum Gasteiger partial charge on any atom is -0.497 e. The summed E-state index contributed by atoms with van der Waals surface area (Å²) in [5.41, 5.74) is 11.3. The summed E-state index contributed by atoms with van der Waals surface area (Å²) in [7, 11) is 3.18. The Labute approximate surface area is 228 Å². The average molecular weight is 521 g/mol. The van der Waals surface area contributed by atoms with Gasteiger partial charge in [0.15, 0.2) is 0 Å². The van der Waals surface area contributed by atoms with E-state index in [1.807, 2.05) is 97.1 Å². The van der Waals surface area contributed by atoms with Crippen molar-refractivity contribution in [2.45, 2.75) is 13.1 Å². The van der Waals surface area contributed by atoms with E-state index in [2.05, 4.69) is 25.9 Å². The Morgan fingerprint density at radius 2 is 1.59 bits per heavy atom. The summed E-state index contributed by atoms with van der Waals surface area (Å²) in [6.07, 6.45) is 1.78. The number of pyridine rings is 1. The number of amides is 1. The highest BCUT2D eigenvalue weighted by Gasteiger charge is 2.19. The van der Waals surface area contributed by atoms with Gasteiger partial charge in [-0.2, -0.15) is 0 Å². The third-order valence-electron chi connectivity index (χ3n) is 5.98. The van der Waals surface area contributed by atoms with Gasteiger partial charge in [0.25, 0.3) is 5.91 Å². The minimum atomic E-state index is -0.359. The summed E-state index contributed by atoms with van der Waals surface area (Å²) >= 11 is 0. The second-order valence-electron chi connectivity index (χ2n) is 8.64. The number of nitrogens with one attached hydrogen (secondary N) is 3. The first-order valence-corrected chi connectivity index (χ1v) is 12.5. The van der Waals surface area contributed by atoms with Crippen LogP contribution < -0.4 is 26.4 Å². The van der Waals surface area contributed by atoms with Gasteiger partial charge in [-0.05, 0) is 47.5 Å². The molecule has 198 valence electrons. The van der Waals surface area contributed by atoms with E-state index in [0.29, 0.717) is 18.9 Å². The molecule has 8 heteroatoms. The van der Waals surface area contributed by atoms with E-state index in [4.69, 9.17) is 10.5 Å². The van der Waals surface area contributed by atoms with E-state index < -0.39 is 0 Å². The van der Waals surface area contributed by atoms with Gasteiger partial charge in [0.05, 0.1) is 19.3 Å². The van der Waals surface area contributed by atoms with Crippen LogP contribution in [0.15, 0.2) is 120 Å². The van der Waals surface area contributed by atoms with Gasteiger partial charge in [-0.3, -0.25) is 14.8 Å². The maximum atomic E-state index is 13.1. The highest BCUT2D eigenvalue weighted by molar-refractivity contribution is 6.20. The Hall–Kier alpha value is -5.11. The van der Waals surface area contributed by atoms with Gasteiger partial charge >= 0.3 is 0 Å². The number of likely N-dealkylation sites (N-methyl/N-ethyl adjacent to an activating group) is 1. The number of hydrogen-bond donors (Lipinski definition) is 4. The molecule has 1 amide bonds. The normalized spacial score (nSPS) is 11.8. The van der Waals surface area contributed by atoms with Crippen molar-refractivity contribution in [2.24, 2.45) is 10.7 Å². The predicted molar refractivity (Wildman–Crippen MR) is 156 cm³/mol. The first kappa shape index (κ1) is 26.9. The lowest BCUT2D eigenvalue weighted by Crippen LogP contribution is -2.35. The van der Waals surface area contributed by atoms with Crippen LogP contribution >= 0.6 is 0 Å². The number of ether oxygens (including phenoxy) is 1. The van der Waals surface area contributed by atoms with Crippen molar-refractivity contribution < 1.29 is 9.53 Å². The van der Waals surface area contributed by atoms with E-state index in [-0.39, 0.29) is 17.3 Å². The SMILES string of the molecule is CNC(=O)/C(C(N)=NCc1ccc(OC)cc1)=C(/NCc1ccc(-c2ccccn2)cc1)Nc1ccccc1. The number of nitrogens with two attached hydrogens (primary N) is 1. The molecule has 0 spiro atoms. The van der Waals surface area contributed by atoms with Gasteiger partial charge in [-0.15, -0.1) is 0 Å². The van der Waals surface area contributed by atoms with Gasteiger partial charge in [-0.25, -0.2) is 0 Å². The molecule has 0 bridgehead atoms. The molecule has 0 saturated heterocycles. The smallest absolute Gasteiger partial charge is 0.258 e. The quantitative estimate of drug-likeness (QED) is 0.132. The van der Waals surface area contributed by atoms with Gasteiger partial charge in [0.2, 0.25) is 0 Å². The van der Waals surface area contributed by atoms with Crippen molar-refractivity contribution in [1.82, 2.24) is 15.6 Å². The number of para-hydroxylation sites is 1. The number of methoxy groups -OCH3 is 1. The van der Waals surface area contributed by atoms with Gasteiger partial charge in [0, 0.05) is 31.0 Å². The number of nitrogens with zero attached hydrogens (tertiary/aromatic N) is 2. The fourth-order valence-corrected chi connectivity index (χ4v) is 3.85. The Bertz CT molecular complexity index is 1420. The van der Waals surface area contributed by atoms with Crippen LogP contribution in [0.1, 0.15) is 11.1 Å². The molecule has 0 aliphatic heterocycles.